The van der Waals surface area contributed by atoms with Crippen molar-refractivity contribution in [3.8, 4) is 6.07 Å². The van der Waals surface area contributed by atoms with Crippen molar-refractivity contribution in [1.29, 1.82) is 5.26 Å². The highest BCUT2D eigenvalue weighted by Gasteiger charge is 2.14. The third-order valence-electron chi connectivity index (χ3n) is 3.07. The van der Waals surface area contributed by atoms with Gasteiger partial charge in [0.2, 0.25) is 5.91 Å². The van der Waals surface area contributed by atoms with Crippen LogP contribution < -0.4 is 5.32 Å². The molecule has 1 N–H and O–H groups in total. The summed E-state index contributed by atoms with van der Waals surface area (Å²) in [6.07, 6.45) is 1.37. The standard InChI is InChI=1S/C15H20N2O/c1-4-13(10-16)15(18)17-8-7-14-6-5-11(2)9-12(14)3/h5-6,9,13H,4,7-8H2,1-3H3,(H,17,18). The Kier molecular flexibility index (Phi) is 5.38. The first-order chi connectivity index (χ1) is 8.58. The molecular weight excluding hydrogens is 224 g/mol. The van der Waals surface area contributed by atoms with Crippen LogP contribution in [0.4, 0.5) is 0 Å². The number of hydrogen-bond donors (Lipinski definition) is 1. The van der Waals surface area contributed by atoms with Gasteiger partial charge in [-0.3, -0.25) is 4.79 Å². The van der Waals surface area contributed by atoms with E-state index < -0.39 is 5.92 Å². The molecule has 96 valence electrons. The molecule has 0 aliphatic rings. The summed E-state index contributed by atoms with van der Waals surface area (Å²) in [7, 11) is 0. The van der Waals surface area contributed by atoms with Crippen molar-refractivity contribution in [2.75, 3.05) is 6.54 Å². The number of carbonyl (C=O) groups excluding carboxylic acids is 1. The number of benzene rings is 1. The van der Waals surface area contributed by atoms with Crippen LogP contribution in [0.25, 0.3) is 0 Å². The molecule has 18 heavy (non-hydrogen) atoms. The van der Waals surface area contributed by atoms with Gasteiger partial charge in [0.05, 0.1) is 6.07 Å². The topological polar surface area (TPSA) is 52.9 Å². The molecular formula is C15H20N2O. The number of aryl methyl sites for hydroxylation is 2. The SMILES string of the molecule is CCC(C#N)C(=O)NCCc1ccc(C)cc1C. The molecule has 1 aromatic rings. The van der Waals surface area contributed by atoms with Crippen LogP contribution in [0.5, 0.6) is 0 Å². The second-order valence-corrected chi connectivity index (χ2v) is 4.56. The Morgan fingerprint density at radius 3 is 2.72 bits per heavy atom. The number of nitriles is 1. The van der Waals surface area contributed by atoms with Crippen molar-refractivity contribution in [1.82, 2.24) is 5.32 Å². The van der Waals surface area contributed by atoms with Gasteiger partial charge >= 0.3 is 0 Å². The van der Waals surface area contributed by atoms with Crippen molar-refractivity contribution >= 4 is 5.91 Å². The van der Waals surface area contributed by atoms with Gasteiger partial charge < -0.3 is 5.32 Å². The van der Waals surface area contributed by atoms with Gasteiger partial charge in [-0.1, -0.05) is 30.7 Å². The van der Waals surface area contributed by atoms with E-state index >= 15 is 0 Å². The molecule has 3 nitrogen and oxygen atoms in total. The smallest absolute Gasteiger partial charge is 0.237 e. The molecule has 1 unspecified atom stereocenters. The van der Waals surface area contributed by atoms with Gasteiger partial charge in [0.15, 0.2) is 0 Å². The molecule has 3 heteroatoms. The first kappa shape index (κ1) is 14.2. The van der Waals surface area contributed by atoms with Gasteiger partial charge in [0, 0.05) is 6.54 Å². The van der Waals surface area contributed by atoms with Gasteiger partial charge in [-0.2, -0.15) is 5.26 Å². The maximum Gasteiger partial charge on any atom is 0.237 e. The lowest BCUT2D eigenvalue weighted by molar-refractivity contribution is -0.123. The van der Waals surface area contributed by atoms with Crippen LogP contribution in [0.15, 0.2) is 18.2 Å². The number of amides is 1. The minimum Gasteiger partial charge on any atom is -0.355 e. The van der Waals surface area contributed by atoms with E-state index in [1.54, 1.807) is 0 Å². The summed E-state index contributed by atoms with van der Waals surface area (Å²) in [4.78, 5) is 11.6. The minimum atomic E-state index is -0.524. The quantitative estimate of drug-likeness (QED) is 0.865. The van der Waals surface area contributed by atoms with Crippen molar-refractivity contribution in [2.45, 2.75) is 33.6 Å². The Labute approximate surface area is 109 Å². The summed E-state index contributed by atoms with van der Waals surface area (Å²) in [5, 5.41) is 11.6. The lowest BCUT2D eigenvalue weighted by Gasteiger charge is -2.10. The molecule has 1 aromatic carbocycles. The fourth-order valence-corrected chi connectivity index (χ4v) is 1.91. The fraction of sp³-hybridized carbons (Fsp3) is 0.467. The largest absolute Gasteiger partial charge is 0.355 e. The molecule has 0 fully saturated rings. The zero-order valence-corrected chi connectivity index (χ0v) is 11.3. The lowest BCUT2D eigenvalue weighted by Crippen LogP contribution is -2.31. The summed E-state index contributed by atoms with van der Waals surface area (Å²) < 4.78 is 0. The van der Waals surface area contributed by atoms with Crippen LogP contribution >= 0.6 is 0 Å². The molecule has 0 aliphatic heterocycles. The van der Waals surface area contributed by atoms with Crippen LogP contribution in [0, 0.1) is 31.1 Å². The van der Waals surface area contributed by atoms with Crippen LogP contribution in [-0.2, 0) is 11.2 Å². The number of rotatable bonds is 5. The number of carbonyl (C=O) groups is 1. The zero-order chi connectivity index (χ0) is 13.5. The van der Waals surface area contributed by atoms with Crippen LogP contribution in [0.1, 0.15) is 30.0 Å². The average Bonchev–Trinajstić information content (AvgIpc) is 2.33. The van der Waals surface area contributed by atoms with Crippen LogP contribution in [0.2, 0.25) is 0 Å². The maximum absolute atomic E-state index is 11.6. The van der Waals surface area contributed by atoms with E-state index in [0.29, 0.717) is 13.0 Å². The third-order valence-corrected chi connectivity index (χ3v) is 3.07. The fourth-order valence-electron chi connectivity index (χ4n) is 1.91. The van der Waals surface area contributed by atoms with E-state index in [1.807, 2.05) is 13.0 Å². The Hall–Kier alpha value is -1.82. The Balaban J connectivity index is 2.47. The number of nitrogens with one attached hydrogen (secondary N) is 1. The van der Waals surface area contributed by atoms with Gasteiger partial charge in [0.1, 0.15) is 5.92 Å². The first-order valence-electron chi connectivity index (χ1n) is 6.32. The van der Waals surface area contributed by atoms with Gasteiger partial charge in [-0.05, 0) is 37.8 Å². The molecule has 1 atom stereocenters. The zero-order valence-electron chi connectivity index (χ0n) is 11.3. The first-order valence-corrected chi connectivity index (χ1v) is 6.32. The number of nitrogens with zero attached hydrogens (tertiary/aromatic N) is 1. The highest BCUT2D eigenvalue weighted by atomic mass is 16.1. The molecule has 1 rings (SSSR count). The molecule has 0 saturated carbocycles. The summed E-state index contributed by atoms with van der Waals surface area (Å²) in [5.74, 6) is -0.686. The molecule has 0 heterocycles. The maximum atomic E-state index is 11.6. The predicted octanol–water partition coefficient (Wildman–Crippen LogP) is 2.51. The molecule has 0 radical (unpaired) electrons. The van der Waals surface area contributed by atoms with E-state index in [9.17, 15) is 4.79 Å². The van der Waals surface area contributed by atoms with E-state index in [1.165, 1.54) is 16.7 Å². The summed E-state index contributed by atoms with van der Waals surface area (Å²) in [6.45, 7) is 6.57. The van der Waals surface area contributed by atoms with Crippen molar-refractivity contribution in [3.63, 3.8) is 0 Å². The summed E-state index contributed by atoms with van der Waals surface area (Å²) in [6, 6.07) is 8.32. The molecule has 0 bridgehead atoms. The molecule has 0 saturated heterocycles. The minimum absolute atomic E-state index is 0.162. The highest BCUT2D eigenvalue weighted by Crippen LogP contribution is 2.10. The van der Waals surface area contributed by atoms with E-state index in [2.05, 4.69) is 37.4 Å². The Bertz CT molecular complexity index is 460. The average molecular weight is 244 g/mol. The van der Waals surface area contributed by atoms with Crippen molar-refractivity contribution < 1.29 is 4.79 Å². The molecule has 0 aliphatic carbocycles. The normalized spacial score (nSPS) is 11.7. The summed E-state index contributed by atoms with van der Waals surface area (Å²) >= 11 is 0. The highest BCUT2D eigenvalue weighted by molar-refractivity contribution is 5.80. The molecule has 1 amide bonds. The second-order valence-electron chi connectivity index (χ2n) is 4.56. The van der Waals surface area contributed by atoms with Crippen LogP contribution in [0.3, 0.4) is 0 Å². The van der Waals surface area contributed by atoms with Gasteiger partial charge in [0.25, 0.3) is 0 Å². The predicted molar refractivity (Wildman–Crippen MR) is 72.0 cm³/mol. The molecule has 0 aromatic heterocycles. The third kappa shape index (κ3) is 3.89. The summed E-state index contributed by atoms with van der Waals surface area (Å²) in [5.41, 5.74) is 3.73. The van der Waals surface area contributed by atoms with Crippen molar-refractivity contribution in [3.05, 3.63) is 34.9 Å². The van der Waals surface area contributed by atoms with E-state index in [-0.39, 0.29) is 5.91 Å². The van der Waals surface area contributed by atoms with Gasteiger partial charge in [-0.15, -0.1) is 0 Å². The van der Waals surface area contributed by atoms with Gasteiger partial charge in [-0.25, -0.2) is 0 Å². The van der Waals surface area contributed by atoms with E-state index in [4.69, 9.17) is 5.26 Å². The molecule has 0 spiro atoms. The lowest BCUT2D eigenvalue weighted by atomic mass is 10.0. The van der Waals surface area contributed by atoms with Crippen molar-refractivity contribution in [2.24, 2.45) is 5.92 Å². The van der Waals surface area contributed by atoms with E-state index in [0.717, 1.165) is 6.42 Å². The Morgan fingerprint density at radius 2 is 2.17 bits per heavy atom. The number of hydrogen-bond acceptors (Lipinski definition) is 2. The monoisotopic (exact) mass is 244 g/mol. The second kappa shape index (κ2) is 6.80. The van der Waals surface area contributed by atoms with Crippen LogP contribution in [-0.4, -0.2) is 12.5 Å². The Morgan fingerprint density at radius 1 is 1.44 bits per heavy atom.